The van der Waals surface area contributed by atoms with Crippen molar-refractivity contribution in [3.8, 4) is 5.69 Å². The molecular formula is C34H41N5O3S. The van der Waals surface area contributed by atoms with E-state index in [1.54, 1.807) is 28.9 Å². The molecule has 0 spiro atoms. The molecule has 8 nitrogen and oxygen atoms in total. The number of hydrogen-bond donors (Lipinski definition) is 3. The number of carbonyl (C=O) groups excluding carboxylic acids is 1. The van der Waals surface area contributed by atoms with E-state index in [0.717, 1.165) is 54.0 Å². The van der Waals surface area contributed by atoms with E-state index in [2.05, 4.69) is 36.7 Å². The molecule has 2 amide bonds. The molecule has 3 aromatic carbocycles. The number of aryl methyl sites for hydroxylation is 2. The third-order valence-electron chi connectivity index (χ3n) is 7.99. The average molecular weight is 600 g/mol. The van der Waals surface area contributed by atoms with Gasteiger partial charge in [0, 0.05) is 17.2 Å². The van der Waals surface area contributed by atoms with E-state index in [4.69, 9.17) is 5.10 Å². The first-order valence-electron chi connectivity index (χ1n) is 14.8. The number of nitrogens with one attached hydrogen (secondary N) is 3. The van der Waals surface area contributed by atoms with Gasteiger partial charge in [0.05, 0.1) is 21.5 Å². The number of urea groups is 1. The van der Waals surface area contributed by atoms with Gasteiger partial charge >= 0.3 is 6.03 Å². The highest BCUT2D eigenvalue weighted by Crippen LogP contribution is 2.40. The lowest BCUT2D eigenvalue weighted by Gasteiger charge is -2.31. The predicted octanol–water partition coefficient (Wildman–Crippen LogP) is 6.95. The quantitative estimate of drug-likeness (QED) is 0.213. The number of rotatable bonds is 7. The van der Waals surface area contributed by atoms with Crippen LogP contribution in [0, 0.1) is 19.8 Å². The highest BCUT2D eigenvalue weighted by Gasteiger charge is 2.36. The lowest BCUT2D eigenvalue weighted by atomic mass is 9.90. The van der Waals surface area contributed by atoms with Crippen LogP contribution in [0.15, 0.2) is 83.8 Å². The van der Waals surface area contributed by atoms with Gasteiger partial charge in [-0.05, 0) is 87.7 Å². The van der Waals surface area contributed by atoms with Crippen LogP contribution in [0.3, 0.4) is 0 Å². The van der Waals surface area contributed by atoms with Gasteiger partial charge in [0.1, 0.15) is 5.82 Å². The minimum absolute atomic E-state index is 0.00580. The van der Waals surface area contributed by atoms with Crippen LogP contribution in [0.1, 0.15) is 61.2 Å². The molecule has 43 heavy (non-hydrogen) atoms. The Morgan fingerprint density at radius 3 is 2.05 bits per heavy atom. The van der Waals surface area contributed by atoms with Gasteiger partial charge in [0.2, 0.25) is 0 Å². The maximum atomic E-state index is 13.9. The highest BCUT2D eigenvalue weighted by atomic mass is 32.2. The second-order valence-electron chi connectivity index (χ2n) is 12.5. The molecule has 0 radical (unpaired) electrons. The number of anilines is 2. The van der Waals surface area contributed by atoms with Crippen molar-refractivity contribution in [3.05, 3.63) is 101 Å². The van der Waals surface area contributed by atoms with Crippen molar-refractivity contribution < 1.29 is 13.2 Å². The van der Waals surface area contributed by atoms with Gasteiger partial charge in [-0.25, -0.2) is 17.9 Å². The molecule has 1 saturated heterocycles. The fraction of sp³-hybridized carbons (Fsp3) is 0.353. The topological polar surface area (TPSA) is 105 Å². The maximum Gasteiger partial charge on any atom is 0.324 e. The van der Waals surface area contributed by atoms with E-state index in [9.17, 15) is 13.2 Å². The Morgan fingerprint density at radius 1 is 0.884 bits per heavy atom. The Bertz CT molecular complexity index is 1660. The number of aromatic nitrogens is 2. The van der Waals surface area contributed by atoms with E-state index in [-0.39, 0.29) is 11.3 Å². The molecule has 1 atom stereocenters. The molecule has 3 N–H and O–H groups in total. The van der Waals surface area contributed by atoms with Crippen LogP contribution in [0.4, 0.5) is 16.3 Å². The third kappa shape index (κ3) is 7.00. The molecule has 1 aliphatic rings. The van der Waals surface area contributed by atoms with Crippen molar-refractivity contribution in [1.29, 1.82) is 0 Å². The summed E-state index contributed by atoms with van der Waals surface area (Å²) in [7, 11) is -3.63. The van der Waals surface area contributed by atoms with Gasteiger partial charge in [-0.15, -0.1) is 0 Å². The number of carbonyl (C=O) groups is 1. The summed E-state index contributed by atoms with van der Waals surface area (Å²) in [6, 6.07) is 23.7. The second-order valence-corrected chi connectivity index (χ2v) is 14.5. The van der Waals surface area contributed by atoms with Crippen molar-refractivity contribution in [2.75, 3.05) is 23.7 Å². The molecular weight excluding hydrogens is 558 g/mol. The number of amides is 2. The summed E-state index contributed by atoms with van der Waals surface area (Å²) in [5.41, 5.74) is 4.94. The standard InChI is InChI=1S/C34H41N5O3S/c1-23-6-14-28(15-7-23)39-31(22-30(38-39)34(3,4)5)37-33(40)36-27-12-10-25(11-13-27)32(26-18-20-35-21-19-26)43(41,42)29-16-8-24(2)9-17-29/h6-17,22,26,32,35H,18-21H2,1-5H3,(H2,36,37,40). The SMILES string of the molecule is Cc1ccc(-n2nc(C(C)(C)C)cc2NC(=O)Nc2ccc(C(C3CCNCC3)S(=O)(=O)c3ccc(C)cc3)cc2)cc1. The van der Waals surface area contributed by atoms with Crippen LogP contribution in [-0.2, 0) is 15.3 Å². The lowest BCUT2D eigenvalue weighted by Crippen LogP contribution is -2.33. The predicted molar refractivity (Wildman–Crippen MR) is 173 cm³/mol. The largest absolute Gasteiger partial charge is 0.324 e. The fourth-order valence-corrected chi connectivity index (χ4v) is 7.58. The first kappa shape index (κ1) is 30.5. The van der Waals surface area contributed by atoms with Crippen LogP contribution in [0.5, 0.6) is 0 Å². The summed E-state index contributed by atoms with van der Waals surface area (Å²) in [5, 5.41) is 13.3. The van der Waals surface area contributed by atoms with E-state index in [0.29, 0.717) is 16.4 Å². The lowest BCUT2D eigenvalue weighted by molar-refractivity contribution is 0.262. The zero-order valence-electron chi connectivity index (χ0n) is 25.5. The van der Waals surface area contributed by atoms with E-state index < -0.39 is 21.1 Å². The number of piperidine rings is 1. The zero-order chi connectivity index (χ0) is 30.8. The molecule has 9 heteroatoms. The molecule has 1 unspecified atom stereocenters. The molecule has 2 heterocycles. The molecule has 5 rings (SSSR count). The van der Waals surface area contributed by atoms with Crippen molar-refractivity contribution in [3.63, 3.8) is 0 Å². The summed E-state index contributed by atoms with van der Waals surface area (Å²) in [6.45, 7) is 11.8. The smallest absolute Gasteiger partial charge is 0.317 e. The van der Waals surface area contributed by atoms with Crippen LogP contribution in [0.2, 0.25) is 0 Å². The number of nitrogens with zero attached hydrogens (tertiary/aromatic N) is 2. The molecule has 0 bridgehead atoms. The molecule has 1 aromatic heterocycles. The Kier molecular flexibility index (Phi) is 8.76. The fourth-order valence-electron chi connectivity index (χ4n) is 5.48. The van der Waals surface area contributed by atoms with Gasteiger partial charge < -0.3 is 10.6 Å². The van der Waals surface area contributed by atoms with E-state index >= 15 is 0 Å². The summed E-state index contributed by atoms with van der Waals surface area (Å²) in [6.07, 6.45) is 1.56. The Balaban J connectivity index is 1.37. The Labute approximate surface area is 254 Å². The molecule has 1 fully saturated rings. The number of sulfone groups is 1. The van der Waals surface area contributed by atoms with Gasteiger partial charge in [0.15, 0.2) is 9.84 Å². The minimum atomic E-state index is -3.63. The Morgan fingerprint density at radius 2 is 1.47 bits per heavy atom. The Hall–Kier alpha value is -3.95. The van der Waals surface area contributed by atoms with E-state index in [1.807, 2.05) is 68.4 Å². The minimum Gasteiger partial charge on any atom is -0.317 e. The van der Waals surface area contributed by atoms with Crippen molar-refractivity contribution in [1.82, 2.24) is 15.1 Å². The molecule has 1 aliphatic heterocycles. The molecule has 4 aromatic rings. The maximum absolute atomic E-state index is 13.9. The van der Waals surface area contributed by atoms with Gasteiger partial charge in [0.25, 0.3) is 0 Å². The third-order valence-corrected chi connectivity index (χ3v) is 10.2. The van der Waals surface area contributed by atoms with Crippen molar-refractivity contribution >= 4 is 27.4 Å². The summed E-state index contributed by atoms with van der Waals surface area (Å²) in [4.78, 5) is 13.5. The van der Waals surface area contributed by atoms with Gasteiger partial charge in [-0.3, -0.25) is 5.32 Å². The summed E-state index contributed by atoms with van der Waals surface area (Å²) in [5.74, 6) is 0.548. The van der Waals surface area contributed by atoms with E-state index in [1.165, 1.54) is 0 Å². The summed E-state index contributed by atoms with van der Waals surface area (Å²) >= 11 is 0. The number of benzene rings is 3. The van der Waals surface area contributed by atoms with Crippen LogP contribution in [0.25, 0.3) is 5.69 Å². The van der Waals surface area contributed by atoms with Gasteiger partial charge in [-0.2, -0.15) is 5.10 Å². The van der Waals surface area contributed by atoms with Crippen LogP contribution >= 0.6 is 0 Å². The average Bonchev–Trinajstić information content (AvgIpc) is 3.39. The van der Waals surface area contributed by atoms with Crippen molar-refractivity contribution in [2.24, 2.45) is 5.92 Å². The molecule has 0 aliphatic carbocycles. The number of hydrogen-bond acceptors (Lipinski definition) is 5. The van der Waals surface area contributed by atoms with Crippen LogP contribution in [-0.4, -0.2) is 37.3 Å². The molecule has 226 valence electrons. The van der Waals surface area contributed by atoms with Gasteiger partial charge in [-0.1, -0.05) is 68.3 Å². The second kappa shape index (κ2) is 12.3. The highest BCUT2D eigenvalue weighted by molar-refractivity contribution is 7.91. The first-order valence-corrected chi connectivity index (χ1v) is 16.3. The van der Waals surface area contributed by atoms with Crippen molar-refractivity contribution in [2.45, 2.75) is 63.0 Å². The summed E-state index contributed by atoms with van der Waals surface area (Å²) < 4.78 is 29.6. The monoisotopic (exact) mass is 599 g/mol. The first-order chi connectivity index (χ1) is 20.4. The molecule has 0 saturated carbocycles. The van der Waals surface area contributed by atoms with Crippen LogP contribution < -0.4 is 16.0 Å². The normalized spacial score (nSPS) is 15.2. The zero-order valence-corrected chi connectivity index (χ0v) is 26.3.